The average Bonchev–Trinajstić information content (AvgIpc) is 2.56. The fraction of sp³-hybridized carbons (Fsp3) is 0.235. The fourth-order valence-corrected chi connectivity index (χ4v) is 2.30. The van der Waals surface area contributed by atoms with E-state index in [1.54, 1.807) is 30.1 Å². The molecule has 0 heterocycles. The lowest BCUT2D eigenvalue weighted by Crippen LogP contribution is -2.30. The van der Waals surface area contributed by atoms with Gasteiger partial charge in [-0.1, -0.05) is 18.2 Å². The monoisotopic (exact) mass is 347 g/mol. The van der Waals surface area contributed by atoms with Crippen LogP contribution in [0.15, 0.2) is 42.5 Å². The minimum Gasteiger partial charge on any atom is -0.494 e. The summed E-state index contributed by atoms with van der Waals surface area (Å²) >= 11 is 0. The van der Waals surface area contributed by atoms with Crippen LogP contribution in [0.4, 0.5) is 15.8 Å². The number of amides is 1. The summed E-state index contributed by atoms with van der Waals surface area (Å²) in [5.74, 6) is -0.475. The molecule has 0 saturated carbocycles. The maximum atomic E-state index is 13.6. The van der Waals surface area contributed by atoms with E-state index in [4.69, 9.17) is 4.74 Å². The van der Waals surface area contributed by atoms with Crippen LogP contribution in [0.1, 0.15) is 5.56 Å². The number of hydrogen-bond donors (Lipinski definition) is 1. The molecule has 2 rings (SSSR count). The van der Waals surface area contributed by atoms with E-state index < -0.39 is 4.92 Å². The largest absolute Gasteiger partial charge is 0.494 e. The van der Waals surface area contributed by atoms with Gasteiger partial charge in [0.05, 0.1) is 30.3 Å². The zero-order chi connectivity index (χ0) is 18.4. The van der Waals surface area contributed by atoms with Crippen molar-refractivity contribution in [3.05, 3.63) is 64.0 Å². The number of carbonyl (C=O) groups is 1. The summed E-state index contributed by atoms with van der Waals surface area (Å²) in [6.07, 6.45) is 0. The maximum absolute atomic E-state index is 13.6. The number of hydrogen-bond acceptors (Lipinski definition) is 5. The number of likely N-dealkylation sites (N-methyl/N-ethyl adjacent to an activating group) is 1. The van der Waals surface area contributed by atoms with Crippen molar-refractivity contribution in [2.45, 2.75) is 6.54 Å². The summed E-state index contributed by atoms with van der Waals surface area (Å²) in [5, 5.41) is 13.4. The van der Waals surface area contributed by atoms with Crippen LogP contribution < -0.4 is 10.1 Å². The molecule has 0 aliphatic carbocycles. The molecule has 8 heteroatoms. The normalized spacial score (nSPS) is 10.6. The van der Waals surface area contributed by atoms with E-state index >= 15 is 0 Å². The van der Waals surface area contributed by atoms with E-state index in [2.05, 4.69) is 5.32 Å². The van der Waals surface area contributed by atoms with Gasteiger partial charge in [-0.05, 0) is 19.2 Å². The van der Waals surface area contributed by atoms with Gasteiger partial charge in [0.15, 0.2) is 0 Å². The van der Waals surface area contributed by atoms with Crippen LogP contribution in [0, 0.1) is 15.9 Å². The molecule has 25 heavy (non-hydrogen) atoms. The maximum Gasteiger partial charge on any atom is 0.273 e. The number of ether oxygens (including phenoxy) is 1. The molecular formula is C17H18FN3O4. The van der Waals surface area contributed by atoms with Crippen LogP contribution >= 0.6 is 0 Å². The number of rotatable bonds is 7. The molecule has 0 radical (unpaired) electrons. The summed E-state index contributed by atoms with van der Waals surface area (Å²) in [5.41, 5.74) is 0.689. The van der Waals surface area contributed by atoms with E-state index in [0.29, 0.717) is 11.3 Å². The number of nitrogens with one attached hydrogen (secondary N) is 1. The van der Waals surface area contributed by atoms with Gasteiger partial charge >= 0.3 is 0 Å². The molecule has 1 amide bonds. The third-order valence-electron chi connectivity index (χ3n) is 3.48. The molecule has 2 aromatic rings. The van der Waals surface area contributed by atoms with Crippen LogP contribution in [0.2, 0.25) is 0 Å². The Bertz CT molecular complexity index is 782. The van der Waals surface area contributed by atoms with E-state index in [1.807, 2.05) is 0 Å². The fourth-order valence-electron chi connectivity index (χ4n) is 2.30. The second-order valence-corrected chi connectivity index (χ2v) is 5.45. The molecule has 7 nitrogen and oxygen atoms in total. The van der Waals surface area contributed by atoms with Crippen molar-refractivity contribution in [1.29, 1.82) is 0 Å². The zero-order valence-corrected chi connectivity index (χ0v) is 13.9. The number of carbonyl (C=O) groups excluding carboxylic acids is 1. The molecule has 0 fully saturated rings. The highest BCUT2D eigenvalue weighted by atomic mass is 19.1. The Morgan fingerprint density at radius 3 is 2.68 bits per heavy atom. The van der Waals surface area contributed by atoms with Crippen molar-refractivity contribution >= 4 is 17.3 Å². The summed E-state index contributed by atoms with van der Waals surface area (Å²) in [7, 11) is 3.05. The Morgan fingerprint density at radius 2 is 2.04 bits per heavy atom. The van der Waals surface area contributed by atoms with Gasteiger partial charge in [0.1, 0.15) is 11.6 Å². The number of methoxy groups -OCH3 is 1. The molecule has 0 spiro atoms. The molecule has 0 aromatic heterocycles. The van der Waals surface area contributed by atoms with E-state index in [9.17, 15) is 19.3 Å². The first kappa shape index (κ1) is 18.3. The van der Waals surface area contributed by atoms with Gasteiger partial charge in [0.25, 0.3) is 5.69 Å². The summed E-state index contributed by atoms with van der Waals surface area (Å²) in [6.45, 7) is 0.298. The average molecular weight is 347 g/mol. The van der Waals surface area contributed by atoms with Crippen LogP contribution in [-0.4, -0.2) is 36.4 Å². The van der Waals surface area contributed by atoms with Crippen molar-refractivity contribution in [2.24, 2.45) is 0 Å². The molecule has 0 unspecified atom stereocenters. The summed E-state index contributed by atoms with van der Waals surface area (Å²) in [6, 6.07) is 10.3. The minimum absolute atomic E-state index is 0.0223. The predicted molar refractivity (Wildman–Crippen MR) is 91.0 cm³/mol. The van der Waals surface area contributed by atoms with Gasteiger partial charge < -0.3 is 10.1 Å². The van der Waals surface area contributed by atoms with Crippen LogP contribution in [0.5, 0.6) is 5.75 Å². The van der Waals surface area contributed by atoms with Gasteiger partial charge in [0, 0.05) is 18.2 Å². The molecule has 0 atom stereocenters. The van der Waals surface area contributed by atoms with Crippen LogP contribution in [0.25, 0.3) is 0 Å². The summed E-state index contributed by atoms with van der Waals surface area (Å²) in [4.78, 5) is 24.0. The molecular weight excluding hydrogens is 329 g/mol. The molecule has 0 saturated heterocycles. The third kappa shape index (κ3) is 4.98. The van der Waals surface area contributed by atoms with E-state index in [1.165, 1.54) is 31.4 Å². The molecule has 1 N–H and O–H groups in total. The van der Waals surface area contributed by atoms with Gasteiger partial charge in [-0.25, -0.2) is 4.39 Å². The molecule has 2 aromatic carbocycles. The van der Waals surface area contributed by atoms with E-state index in [0.717, 1.165) is 0 Å². The number of nitro benzene ring substituents is 1. The van der Waals surface area contributed by atoms with Crippen LogP contribution in [0.3, 0.4) is 0 Å². The highest BCUT2D eigenvalue weighted by molar-refractivity contribution is 5.93. The second-order valence-electron chi connectivity index (χ2n) is 5.45. The Labute approximate surface area is 144 Å². The molecule has 0 aliphatic heterocycles. The van der Waals surface area contributed by atoms with Crippen LogP contribution in [-0.2, 0) is 11.3 Å². The SMILES string of the molecule is COc1cc([N+](=O)[O-])ccc1NC(=O)CN(C)Cc1ccccc1F. The van der Waals surface area contributed by atoms with Gasteiger partial charge in [-0.2, -0.15) is 0 Å². The smallest absolute Gasteiger partial charge is 0.273 e. The Balaban J connectivity index is 2.00. The van der Waals surface area contributed by atoms with Crippen molar-refractivity contribution in [1.82, 2.24) is 4.90 Å². The molecule has 0 bridgehead atoms. The Hall–Kier alpha value is -3.00. The number of anilines is 1. The number of benzene rings is 2. The minimum atomic E-state index is -0.545. The first-order valence-electron chi connectivity index (χ1n) is 7.45. The number of nitro groups is 1. The number of halogens is 1. The van der Waals surface area contributed by atoms with Crippen molar-refractivity contribution in [2.75, 3.05) is 26.0 Å². The van der Waals surface area contributed by atoms with Gasteiger partial charge in [-0.3, -0.25) is 19.8 Å². The third-order valence-corrected chi connectivity index (χ3v) is 3.48. The Morgan fingerprint density at radius 1 is 1.32 bits per heavy atom. The Kier molecular flexibility index (Phi) is 6.02. The molecule has 0 aliphatic rings. The predicted octanol–water partition coefficient (Wildman–Crippen LogP) is 2.81. The standard InChI is InChI=1S/C17H18FN3O4/c1-20(10-12-5-3-4-6-14(12)18)11-17(22)19-15-8-7-13(21(23)24)9-16(15)25-2/h3-9H,10-11H2,1-2H3,(H,19,22). The topological polar surface area (TPSA) is 84.7 Å². The lowest BCUT2D eigenvalue weighted by Gasteiger charge is -2.17. The molecule has 132 valence electrons. The summed E-state index contributed by atoms with van der Waals surface area (Å²) < 4.78 is 18.7. The number of non-ortho nitro benzene ring substituents is 1. The highest BCUT2D eigenvalue weighted by Gasteiger charge is 2.15. The van der Waals surface area contributed by atoms with Crippen molar-refractivity contribution in [3.8, 4) is 5.75 Å². The first-order valence-corrected chi connectivity index (χ1v) is 7.45. The van der Waals surface area contributed by atoms with Gasteiger partial charge in [-0.15, -0.1) is 0 Å². The number of nitrogens with zero attached hydrogens (tertiary/aromatic N) is 2. The first-order chi connectivity index (χ1) is 11.9. The quantitative estimate of drug-likeness (QED) is 0.615. The second kappa shape index (κ2) is 8.20. The van der Waals surface area contributed by atoms with Gasteiger partial charge in [0.2, 0.25) is 5.91 Å². The lowest BCUT2D eigenvalue weighted by atomic mass is 10.2. The zero-order valence-electron chi connectivity index (χ0n) is 13.9. The van der Waals surface area contributed by atoms with Crippen molar-refractivity contribution in [3.63, 3.8) is 0 Å². The van der Waals surface area contributed by atoms with Crippen molar-refractivity contribution < 1.29 is 18.8 Å². The lowest BCUT2D eigenvalue weighted by molar-refractivity contribution is -0.384. The highest BCUT2D eigenvalue weighted by Crippen LogP contribution is 2.28. The van der Waals surface area contributed by atoms with E-state index in [-0.39, 0.29) is 36.3 Å².